The van der Waals surface area contributed by atoms with Crippen LogP contribution < -0.4 is 11.5 Å². The Kier molecular flexibility index (Phi) is 5.14. The van der Waals surface area contributed by atoms with Crippen LogP contribution in [0.1, 0.15) is 88.5 Å². The number of nitrogens with two attached hydrogens (primary N) is 2. The van der Waals surface area contributed by atoms with Crippen LogP contribution in [0.25, 0.3) is 10.9 Å². The number of ketones is 1. The summed E-state index contributed by atoms with van der Waals surface area (Å²) in [5.41, 5.74) is 16.2. The van der Waals surface area contributed by atoms with Gasteiger partial charge >= 0.3 is 0 Å². The Balaban J connectivity index is 1.33. The van der Waals surface area contributed by atoms with E-state index in [1.54, 1.807) is 0 Å². The van der Waals surface area contributed by atoms with Crippen molar-refractivity contribution in [3.05, 3.63) is 36.0 Å². The second-order valence-corrected chi connectivity index (χ2v) is 13.0. The Labute approximate surface area is 204 Å². The molecular weight excluding hydrogens is 418 g/mol. The summed E-state index contributed by atoms with van der Waals surface area (Å²) in [5.74, 6) is 2.88. The number of rotatable bonds is 2. The molecule has 1 heterocycles. The van der Waals surface area contributed by atoms with Crippen molar-refractivity contribution in [3.8, 4) is 0 Å². The van der Waals surface area contributed by atoms with E-state index >= 15 is 0 Å². The number of carbonyl (C=O) groups is 1. The van der Waals surface area contributed by atoms with Crippen LogP contribution in [-0.4, -0.2) is 21.4 Å². The first-order valence-electron chi connectivity index (χ1n) is 13.8. The number of aromatic nitrogens is 1. The lowest BCUT2D eigenvalue weighted by molar-refractivity contribution is -0.0430. The van der Waals surface area contributed by atoms with E-state index in [1.165, 1.54) is 32.1 Å². The molecule has 4 saturated carbocycles. The maximum atomic E-state index is 14.1. The van der Waals surface area contributed by atoms with Crippen LogP contribution in [0, 0.1) is 35.0 Å². The molecule has 0 amide bonds. The number of fused-ring (bicyclic) bond motifs is 6. The highest BCUT2D eigenvalue weighted by Gasteiger charge is 2.63. The third kappa shape index (κ3) is 3.00. The Morgan fingerprint density at radius 3 is 2.59 bits per heavy atom. The van der Waals surface area contributed by atoms with E-state index in [-0.39, 0.29) is 22.4 Å². The molecule has 2 unspecified atom stereocenters. The third-order valence-electron chi connectivity index (χ3n) is 11.5. The molecule has 34 heavy (non-hydrogen) atoms. The van der Waals surface area contributed by atoms with Crippen molar-refractivity contribution in [2.75, 3.05) is 0 Å². The SMILES string of the molecule is C[C@H]1CC[C@]2(N)C3CCC[C@@]4(C)C(CC[C@@H]4C(=O)c4cc5ccccc5n4C)[C@@H]3CC[C@]2(N)C1. The summed E-state index contributed by atoms with van der Waals surface area (Å²) in [6, 6.07) is 10.5. The second-order valence-electron chi connectivity index (χ2n) is 13.0. The lowest BCUT2D eigenvalue weighted by Gasteiger charge is -2.61. The molecule has 0 saturated heterocycles. The molecular formula is C30H43N3O. The first-order chi connectivity index (χ1) is 16.2. The maximum absolute atomic E-state index is 14.1. The Morgan fingerprint density at radius 2 is 1.79 bits per heavy atom. The number of para-hydroxylation sites is 1. The van der Waals surface area contributed by atoms with Crippen LogP contribution in [0.2, 0.25) is 0 Å². The van der Waals surface area contributed by atoms with E-state index < -0.39 is 0 Å². The van der Waals surface area contributed by atoms with Crippen molar-refractivity contribution >= 4 is 16.7 Å². The first-order valence-corrected chi connectivity index (χ1v) is 13.8. The molecule has 184 valence electrons. The summed E-state index contributed by atoms with van der Waals surface area (Å²) in [6.07, 6.45) is 11.3. The van der Waals surface area contributed by atoms with E-state index in [9.17, 15) is 4.79 Å². The highest BCUT2D eigenvalue weighted by Crippen LogP contribution is 2.64. The van der Waals surface area contributed by atoms with Gasteiger partial charge in [-0.1, -0.05) is 38.5 Å². The molecule has 4 N–H and O–H groups in total. The molecule has 1 aromatic heterocycles. The fraction of sp³-hybridized carbons (Fsp3) is 0.700. The normalized spacial score (nSPS) is 44.2. The average Bonchev–Trinajstić information content (AvgIpc) is 3.27. The highest BCUT2D eigenvalue weighted by atomic mass is 16.1. The van der Waals surface area contributed by atoms with Crippen molar-refractivity contribution in [2.45, 2.75) is 89.1 Å². The van der Waals surface area contributed by atoms with Gasteiger partial charge in [0.2, 0.25) is 0 Å². The van der Waals surface area contributed by atoms with Crippen molar-refractivity contribution in [1.82, 2.24) is 4.57 Å². The summed E-state index contributed by atoms with van der Waals surface area (Å²) in [4.78, 5) is 14.1. The second kappa shape index (κ2) is 7.67. The van der Waals surface area contributed by atoms with Gasteiger partial charge in [0.1, 0.15) is 0 Å². The molecule has 4 heteroatoms. The standard InChI is InChI=1S/C30H43N3O/c1-19-12-16-30(32)23-8-6-14-28(2)22(21(23)13-15-29(30,31)18-19)10-11-24(28)27(34)26-17-20-7-4-5-9-25(20)33(26)3/h4-5,7,9,17,19,21-24H,6,8,10-16,18,31-32H2,1-3H3/t19-,21-,22?,23?,24+,28-,29-,30-/m0/s1. The van der Waals surface area contributed by atoms with Crippen LogP contribution in [0.3, 0.4) is 0 Å². The van der Waals surface area contributed by atoms with Gasteiger partial charge in [0.25, 0.3) is 0 Å². The van der Waals surface area contributed by atoms with Crippen LogP contribution in [0.4, 0.5) is 0 Å². The zero-order valence-electron chi connectivity index (χ0n) is 21.4. The van der Waals surface area contributed by atoms with Crippen molar-refractivity contribution in [3.63, 3.8) is 0 Å². The predicted octanol–water partition coefficient (Wildman–Crippen LogP) is 5.82. The number of nitrogens with zero attached hydrogens (tertiary/aromatic N) is 1. The van der Waals surface area contributed by atoms with Gasteiger partial charge in [-0.15, -0.1) is 0 Å². The summed E-state index contributed by atoms with van der Waals surface area (Å²) in [6.45, 7) is 4.80. The molecule has 4 aliphatic rings. The molecule has 8 atom stereocenters. The monoisotopic (exact) mass is 461 g/mol. The molecule has 4 fully saturated rings. The highest BCUT2D eigenvalue weighted by molar-refractivity contribution is 6.01. The summed E-state index contributed by atoms with van der Waals surface area (Å²) < 4.78 is 2.12. The van der Waals surface area contributed by atoms with Crippen molar-refractivity contribution in [2.24, 2.45) is 53.5 Å². The topological polar surface area (TPSA) is 74.0 Å². The van der Waals surface area contributed by atoms with E-state index in [0.29, 0.717) is 29.5 Å². The quantitative estimate of drug-likeness (QED) is 0.554. The van der Waals surface area contributed by atoms with Crippen LogP contribution >= 0.6 is 0 Å². The van der Waals surface area contributed by atoms with E-state index in [1.807, 2.05) is 0 Å². The van der Waals surface area contributed by atoms with Crippen LogP contribution in [0.15, 0.2) is 30.3 Å². The number of carbonyl (C=O) groups excluding carboxylic acids is 1. The van der Waals surface area contributed by atoms with Gasteiger partial charge in [-0.3, -0.25) is 4.79 Å². The molecule has 0 spiro atoms. The third-order valence-corrected chi connectivity index (χ3v) is 11.5. The van der Waals surface area contributed by atoms with Crippen molar-refractivity contribution < 1.29 is 4.79 Å². The fourth-order valence-corrected chi connectivity index (χ4v) is 9.66. The van der Waals surface area contributed by atoms with Gasteiger partial charge in [0, 0.05) is 34.9 Å². The molecule has 2 aromatic rings. The minimum Gasteiger partial charge on any atom is -0.341 e. The van der Waals surface area contributed by atoms with Gasteiger partial charge in [0.15, 0.2) is 5.78 Å². The van der Waals surface area contributed by atoms with E-state index in [2.05, 4.69) is 55.8 Å². The minimum absolute atomic E-state index is 0.0693. The maximum Gasteiger partial charge on any atom is 0.182 e. The molecule has 0 radical (unpaired) electrons. The molecule has 4 aliphatic carbocycles. The molecule has 4 nitrogen and oxygen atoms in total. The molecule has 0 aliphatic heterocycles. The molecule has 0 bridgehead atoms. The largest absolute Gasteiger partial charge is 0.341 e. The van der Waals surface area contributed by atoms with E-state index in [0.717, 1.165) is 48.7 Å². The number of benzene rings is 1. The summed E-state index contributed by atoms with van der Waals surface area (Å²) >= 11 is 0. The Morgan fingerprint density at radius 1 is 1.00 bits per heavy atom. The van der Waals surface area contributed by atoms with Crippen LogP contribution in [-0.2, 0) is 7.05 Å². The number of aryl methyl sites for hydroxylation is 1. The lowest BCUT2D eigenvalue weighted by Crippen LogP contribution is -2.75. The zero-order chi connectivity index (χ0) is 23.9. The number of Topliss-reactive ketones (excluding diaryl/α,β-unsaturated/α-hetero) is 1. The van der Waals surface area contributed by atoms with Gasteiger partial charge in [-0.05, 0) is 99.0 Å². The minimum atomic E-state index is -0.231. The van der Waals surface area contributed by atoms with Gasteiger partial charge in [-0.2, -0.15) is 0 Å². The predicted molar refractivity (Wildman–Crippen MR) is 138 cm³/mol. The van der Waals surface area contributed by atoms with Gasteiger partial charge < -0.3 is 16.0 Å². The smallest absolute Gasteiger partial charge is 0.182 e. The number of hydrogen-bond donors (Lipinski definition) is 2. The summed E-state index contributed by atoms with van der Waals surface area (Å²) in [5, 5.41) is 1.16. The Hall–Kier alpha value is -1.65. The molecule has 6 rings (SSSR count). The van der Waals surface area contributed by atoms with Crippen LogP contribution in [0.5, 0.6) is 0 Å². The number of hydrogen-bond acceptors (Lipinski definition) is 3. The van der Waals surface area contributed by atoms with Gasteiger partial charge in [0.05, 0.1) is 5.69 Å². The van der Waals surface area contributed by atoms with E-state index in [4.69, 9.17) is 11.5 Å². The average molecular weight is 462 g/mol. The lowest BCUT2D eigenvalue weighted by atomic mass is 9.49. The zero-order valence-corrected chi connectivity index (χ0v) is 21.4. The Bertz CT molecular complexity index is 1120. The summed E-state index contributed by atoms with van der Waals surface area (Å²) in [7, 11) is 2.05. The fourth-order valence-electron chi connectivity index (χ4n) is 9.66. The van der Waals surface area contributed by atoms with Crippen molar-refractivity contribution in [1.29, 1.82) is 0 Å². The first kappa shape index (κ1) is 22.8. The molecule has 1 aromatic carbocycles. The van der Waals surface area contributed by atoms with Gasteiger partial charge in [-0.25, -0.2) is 0 Å².